The van der Waals surface area contributed by atoms with E-state index in [-0.39, 0.29) is 17.0 Å². The molecule has 0 saturated heterocycles. The van der Waals surface area contributed by atoms with Crippen molar-refractivity contribution in [1.29, 1.82) is 0 Å². The Kier molecular flexibility index (Phi) is 26.3. The normalized spacial score (nSPS) is 12.9. The van der Waals surface area contributed by atoms with Crippen molar-refractivity contribution in [2.45, 2.75) is 74.5 Å². The third kappa shape index (κ3) is 19.5. The topological polar surface area (TPSA) is 331 Å². The minimum absolute atomic E-state index is 0. The van der Waals surface area contributed by atoms with E-state index in [2.05, 4.69) is 58.3 Å². The first-order chi connectivity index (χ1) is 25.6. The average molecular weight is 1030 g/mol. The van der Waals surface area contributed by atoms with Crippen LogP contribution in [0, 0.1) is 20.2 Å². The molecule has 26 heteroatoms. The molecule has 0 spiro atoms. The van der Waals surface area contributed by atoms with Crippen LogP contribution in [0.2, 0.25) is 0 Å². The Bertz CT molecular complexity index is 1860. The molecule has 2 rings (SSSR count). The number of nitrogens with one attached hydrogen (secondary N) is 5. The van der Waals surface area contributed by atoms with E-state index in [1.165, 1.54) is 58.4 Å². The van der Waals surface area contributed by atoms with Gasteiger partial charge in [0.25, 0.3) is 11.4 Å². The van der Waals surface area contributed by atoms with Gasteiger partial charge >= 0.3 is 5.97 Å². The minimum Gasteiger partial charge on any atom is -1.00 e. The summed E-state index contributed by atoms with van der Waals surface area (Å²) >= 11 is 6.50. The highest BCUT2D eigenvalue weighted by Crippen LogP contribution is 2.24. The summed E-state index contributed by atoms with van der Waals surface area (Å²) in [7, 11) is -8.65. The van der Waals surface area contributed by atoms with E-state index in [0.29, 0.717) is 6.54 Å². The fourth-order valence-electron chi connectivity index (χ4n) is 3.70. The molecule has 0 saturated carbocycles. The van der Waals surface area contributed by atoms with Crippen molar-refractivity contribution in [3.05, 3.63) is 68.8 Å². The third-order valence-corrected chi connectivity index (χ3v) is 10.9. The number of hydrogen-bond donors (Lipinski definition) is 7. The summed E-state index contributed by atoms with van der Waals surface area (Å²) in [6.07, 6.45) is 1.92. The Morgan fingerprint density at radius 2 is 1.07 bits per heavy atom. The van der Waals surface area contributed by atoms with Crippen LogP contribution in [0.15, 0.2) is 58.3 Å². The van der Waals surface area contributed by atoms with Crippen LogP contribution in [-0.4, -0.2) is 103 Å². The molecule has 3 amide bonds. The molecule has 0 heterocycles. The fraction of sp³-hybridized carbons (Fsp3) is 0.467. The second kappa shape index (κ2) is 27.1. The van der Waals surface area contributed by atoms with Crippen LogP contribution >= 0.6 is 31.9 Å². The van der Waals surface area contributed by atoms with E-state index in [1.54, 1.807) is 0 Å². The van der Waals surface area contributed by atoms with Gasteiger partial charge in [-0.15, -0.1) is 0 Å². The molecule has 0 unspecified atom stereocenters. The van der Waals surface area contributed by atoms with Gasteiger partial charge in [-0.25, -0.2) is 16.8 Å². The quantitative estimate of drug-likeness (QED) is 0.0333. The number of amides is 3. The molecule has 0 bridgehead atoms. The highest BCUT2D eigenvalue weighted by atomic mass is 79.9. The first kappa shape index (κ1) is 54.4. The number of carbonyl (C=O) groups is 4. The first-order valence-corrected chi connectivity index (χ1v) is 21.3. The van der Waals surface area contributed by atoms with Crippen molar-refractivity contribution < 1.29 is 73.7 Å². The number of halogens is 3. The molecule has 9 N–H and O–H groups in total. The maximum atomic E-state index is 12.4. The zero-order valence-corrected chi connectivity index (χ0v) is 37.0. The molecule has 2 aromatic carbocycles. The van der Waals surface area contributed by atoms with E-state index in [1.807, 2.05) is 4.72 Å². The van der Waals surface area contributed by atoms with Crippen LogP contribution in [0.5, 0.6) is 0 Å². The smallest absolute Gasteiger partial charge is 0.325 e. The number of carbonyl (C=O) groups excluding carboxylic acids is 3. The number of benzene rings is 2. The number of aliphatic carboxylic acids is 1. The number of rotatable bonds is 19. The summed E-state index contributed by atoms with van der Waals surface area (Å²) in [4.78, 5) is 65.5. The molecule has 0 aliphatic heterocycles. The van der Waals surface area contributed by atoms with Crippen molar-refractivity contribution in [3.8, 4) is 0 Å². The van der Waals surface area contributed by atoms with Crippen LogP contribution < -0.4 is 48.1 Å². The van der Waals surface area contributed by atoms with Crippen LogP contribution in [-0.2, 0) is 39.2 Å². The Hall–Kier alpha value is -3.66. The summed E-state index contributed by atoms with van der Waals surface area (Å²) in [6, 6.07) is 4.83. The molecule has 0 aromatic heterocycles. The highest BCUT2D eigenvalue weighted by Gasteiger charge is 2.31. The van der Waals surface area contributed by atoms with Gasteiger partial charge in [0.2, 0.25) is 37.8 Å². The Balaban J connectivity index is 0. The predicted molar refractivity (Wildman–Crippen MR) is 206 cm³/mol. The fourth-order valence-corrected chi connectivity index (χ4v) is 7.13. The molecular formula is C30H45Br3N8O13S2. The van der Waals surface area contributed by atoms with E-state index in [9.17, 15) is 56.2 Å². The molecular weight excluding hydrogens is 984 g/mol. The standard InChI is InChI=1S/C15H21BrN4O6S.C12H15N3O7S.C3H8BrN.BrH/c1-10(14(21)17-9-5-8-16)18-15(22)11(2)19-27(25,26)13-7-4-3-6-12(13)20(23)24;1-7(11(16)13-8(2)12(17)18)14-23(21,22)10-6-4-3-5-9(10)15(19)20;4-2-1-3-5;/h3-4,6-7,10-11,19H,5,8-9H2,1-2H3,(H,17,21)(H,18,22);3-8,14H,1-2H3,(H,13,16)(H,17,18);1-3,5H2;1H/t10-,11-;7-,8-;;/m00../s1. The molecule has 0 fully saturated rings. The van der Waals surface area contributed by atoms with Gasteiger partial charge in [0.15, 0.2) is 9.79 Å². The second-order valence-corrected chi connectivity index (χ2v) is 16.1. The molecule has 56 heavy (non-hydrogen) atoms. The number of sulfonamides is 2. The van der Waals surface area contributed by atoms with Crippen molar-refractivity contribution in [3.63, 3.8) is 0 Å². The summed E-state index contributed by atoms with van der Waals surface area (Å²) in [6.45, 7) is 6.62. The molecule has 2 aromatic rings. The van der Waals surface area contributed by atoms with Crippen molar-refractivity contribution in [2.75, 3.05) is 23.7 Å². The van der Waals surface area contributed by atoms with Gasteiger partial charge in [-0.05, 0) is 46.2 Å². The lowest BCUT2D eigenvalue weighted by Gasteiger charge is -2.18. The zero-order valence-electron chi connectivity index (χ0n) is 30.6. The van der Waals surface area contributed by atoms with Gasteiger partial charge in [-0.3, -0.25) is 39.4 Å². The van der Waals surface area contributed by atoms with E-state index in [4.69, 9.17) is 5.11 Å². The number of nitro benzene ring substituents is 2. The number of alkyl halides is 2. The molecule has 0 aliphatic rings. The number of carboxylic acid groups (broad SMARTS) is 1. The Labute approximate surface area is 351 Å². The zero-order chi connectivity index (χ0) is 42.5. The first-order valence-electron chi connectivity index (χ1n) is 16.1. The number of nitro groups is 2. The SMILES string of the molecule is C[C@H](NC(=O)[C@H](C)NS(=O)(=O)c1ccccc1[N+](=O)[O-])C(=O)NCCCBr.C[C@H](NC(=O)[C@H](C)NS(=O)(=O)c1ccccc1[N+](=O)[O-])C(=O)O.[Br-].[NH3+]CCCBr. The van der Waals surface area contributed by atoms with Gasteiger partial charge in [0.1, 0.15) is 12.1 Å². The monoisotopic (exact) mass is 1030 g/mol. The molecule has 316 valence electrons. The van der Waals surface area contributed by atoms with Crippen molar-refractivity contribution in [1.82, 2.24) is 25.4 Å². The predicted octanol–water partition coefficient (Wildman–Crippen LogP) is -2.46. The molecule has 21 nitrogen and oxygen atoms in total. The van der Waals surface area contributed by atoms with Crippen LogP contribution in [0.4, 0.5) is 11.4 Å². The van der Waals surface area contributed by atoms with Gasteiger partial charge in [-0.2, -0.15) is 9.44 Å². The van der Waals surface area contributed by atoms with E-state index in [0.717, 1.165) is 47.9 Å². The Morgan fingerprint density at radius 3 is 1.39 bits per heavy atom. The number of carboxylic acids is 1. The van der Waals surface area contributed by atoms with Gasteiger partial charge in [-0.1, -0.05) is 56.1 Å². The van der Waals surface area contributed by atoms with Gasteiger partial charge in [0, 0.05) is 35.8 Å². The lowest BCUT2D eigenvalue weighted by molar-refractivity contribution is -0.388. The number of quaternary nitrogens is 1. The van der Waals surface area contributed by atoms with E-state index < -0.39 is 98.9 Å². The molecule has 4 atom stereocenters. The van der Waals surface area contributed by atoms with Crippen LogP contribution in [0.25, 0.3) is 0 Å². The lowest BCUT2D eigenvalue weighted by Crippen LogP contribution is -3.00. The van der Waals surface area contributed by atoms with Gasteiger partial charge in [0.05, 0.1) is 28.5 Å². The average Bonchev–Trinajstić information content (AvgIpc) is 3.11. The second-order valence-electron chi connectivity index (χ2n) is 11.2. The summed E-state index contributed by atoms with van der Waals surface area (Å²) < 4.78 is 53.2. The summed E-state index contributed by atoms with van der Waals surface area (Å²) in [5, 5.41) is 39.5. The van der Waals surface area contributed by atoms with Crippen molar-refractivity contribution >= 4 is 87.0 Å². The van der Waals surface area contributed by atoms with E-state index >= 15 is 0 Å². The van der Waals surface area contributed by atoms with Crippen LogP contribution in [0.3, 0.4) is 0 Å². The summed E-state index contributed by atoms with van der Waals surface area (Å²) in [5.74, 6) is -3.30. The maximum Gasteiger partial charge on any atom is 0.325 e. The highest BCUT2D eigenvalue weighted by molar-refractivity contribution is 9.09. The maximum absolute atomic E-state index is 12.4. The number of nitrogens with zero attached hydrogens (tertiary/aromatic N) is 2. The number of para-hydroxylation sites is 2. The third-order valence-electron chi connectivity index (χ3n) is 6.63. The van der Waals surface area contributed by atoms with Crippen molar-refractivity contribution in [2.24, 2.45) is 0 Å². The molecule has 0 aliphatic carbocycles. The summed E-state index contributed by atoms with van der Waals surface area (Å²) in [5.41, 5.74) is 2.41. The lowest BCUT2D eigenvalue weighted by atomic mass is 10.2. The minimum atomic E-state index is -4.34. The largest absolute Gasteiger partial charge is 1.00 e. The van der Waals surface area contributed by atoms with Gasteiger partial charge < -0.3 is 43.8 Å². The van der Waals surface area contributed by atoms with Crippen LogP contribution in [0.1, 0.15) is 40.5 Å². The molecule has 0 radical (unpaired) electrons. The number of hydrogen-bond acceptors (Lipinski definition) is 12. The Morgan fingerprint density at radius 1 is 0.696 bits per heavy atom.